The molecule has 2 atom stereocenters. The minimum atomic E-state index is 0.267. The molecule has 3 heteroatoms. The lowest BCUT2D eigenvalue weighted by Gasteiger charge is -2.20. The average molecular weight is 478 g/mol. The molecule has 1 aliphatic rings. The average Bonchev–Trinajstić information content (AvgIpc) is 3.19. The molecule has 0 radical (unpaired) electrons. The van der Waals surface area contributed by atoms with Crippen LogP contribution in [0.3, 0.4) is 0 Å². The third-order valence-corrected chi connectivity index (χ3v) is 6.90. The molecule has 0 aromatic carbocycles. The molecular formula is C31H59NO2. The largest absolute Gasteiger partial charge is 0.374 e. The van der Waals surface area contributed by atoms with E-state index in [2.05, 4.69) is 50.1 Å². The Labute approximate surface area is 213 Å². The van der Waals surface area contributed by atoms with Crippen LogP contribution in [0.15, 0.2) is 24.3 Å². The first-order valence-corrected chi connectivity index (χ1v) is 15.0. The van der Waals surface area contributed by atoms with Crippen molar-refractivity contribution in [3.8, 4) is 0 Å². The van der Waals surface area contributed by atoms with Crippen molar-refractivity contribution in [2.75, 3.05) is 33.4 Å². The van der Waals surface area contributed by atoms with Crippen molar-refractivity contribution >= 4 is 0 Å². The van der Waals surface area contributed by atoms with Gasteiger partial charge >= 0.3 is 0 Å². The normalized spacial score (nSPS) is 19.3. The molecule has 0 unspecified atom stereocenters. The predicted octanol–water partition coefficient (Wildman–Crippen LogP) is 8.88. The SMILES string of the molecule is CCCCC/C=C\C/C=C\CCCCCCCCO[C@@H]1CN(C)C[C@H]1OCCCCCCCC. The van der Waals surface area contributed by atoms with Crippen LogP contribution in [-0.4, -0.2) is 50.5 Å². The first kappa shape index (κ1) is 31.4. The quantitative estimate of drug-likeness (QED) is 0.102. The molecule has 1 saturated heterocycles. The van der Waals surface area contributed by atoms with Crippen LogP contribution in [0.5, 0.6) is 0 Å². The van der Waals surface area contributed by atoms with E-state index in [1.807, 2.05) is 0 Å². The fourth-order valence-corrected chi connectivity index (χ4v) is 4.69. The van der Waals surface area contributed by atoms with Crippen LogP contribution in [0.4, 0.5) is 0 Å². The molecular weight excluding hydrogens is 418 g/mol. The lowest BCUT2D eigenvalue weighted by atomic mass is 10.1. The minimum absolute atomic E-state index is 0.267. The van der Waals surface area contributed by atoms with Crippen LogP contribution in [0, 0.1) is 0 Å². The van der Waals surface area contributed by atoms with Gasteiger partial charge in [-0.15, -0.1) is 0 Å². The summed E-state index contributed by atoms with van der Waals surface area (Å²) >= 11 is 0. The Bertz CT molecular complexity index is 476. The molecule has 1 heterocycles. The van der Waals surface area contributed by atoms with Crippen LogP contribution in [0.25, 0.3) is 0 Å². The van der Waals surface area contributed by atoms with Crippen molar-refractivity contribution < 1.29 is 9.47 Å². The lowest BCUT2D eigenvalue weighted by molar-refractivity contribution is -0.0481. The predicted molar refractivity (Wildman–Crippen MR) is 150 cm³/mol. The van der Waals surface area contributed by atoms with E-state index in [1.54, 1.807) is 0 Å². The van der Waals surface area contributed by atoms with Crippen molar-refractivity contribution in [2.24, 2.45) is 0 Å². The van der Waals surface area contributed by atoms with E-state index in [-0.39, 0.29) is 12.2 Å². The zero-order valence-corrected chi connectivity index (χ0v) is 23.3. The fourth-order valence-electron chi connectivity index (χ4n) is 4.69. The number of hydrogen-bond acceptors (Lipinski definition) is 3. The maximum absolute atomic E-state index is 6.23. The van der Waals surface area contributed by atoms with Gasteiger partial charge in [0.15, 0.2) is 0 Å². The van der Waals surface area contributed by atoms with Gasteiger partial charge in [0.05, 0.1) is 12.2 Å². The van der Waals surface area contributed by atoms with Gasteiger partial charge in [0.2, 0.25) is 0 Å². The lowest BCUT2D eigenvalue weighted by Crippen LogP contribution is -2.30. The second-order valence-electron chi connectivity index (χ2n) is 10.4. The third kappa shape index (κ3) is 18.7. The summed E-state index contributed by atoms with van der Waals surface area (Å²) in [5, 5.41) is 0. The van der Waals surface area contributed by atoms with Crippen LogP contribution >= 0.6 is 0 Å². The van der Waals surface area contributed by atoms with E-state index in [9.17, 15) is 0 Å². The number of likely N-dealkylation sites (tertiary alicyclic amines) is 1. The first-order chi connectivity index (χ1) is 16.8. The molecule has 0 amide bonds. The Morgan fingerprint density at radius 3 is 1.50 bits per heavy atom. The van der Waals surface area contributed by atoms with Crippen LogP contribution in [0.1, 0.15) is 129 Å². The van der Waals surface area contributed by atoms with Crippen molar-refractivity contribution in [2.45, 2.75) is 142 Å². The molecule has 3 nitrogen and oxygen atoms in total. The summed E-state index contributed by atoms with van der Waals surface area (Å²) in [6, 6.07) is 0. The van der Waals surface area contributed by atoms with Gasteiger partial charge in [-0.05, 0) is 52.0 Å². The maximum Gasteiger partial charge on any atom is 0.0975 e. The monoisotopic (exact) mass is 477 g/mol. The number of ether oxygens (including phenoxy) is 2. The smallest absolute Gasteiger partial charge is 0.0975 e. The summed E-state index contributed by atoms with van der Waals surface area (Å²) in [7, 11) is 2.19. The fraction of sp³-hybridized carbons (Fsp3) is 0.871. The highest BCUT2D eigenvalue weighted by atomic mass is 16.5. The van der Waals surface area contributed by atoms with Crippen LogP contribution in [0.2, 0.25) is 0 Å². The van der Waals surface area contributed by atoms with Gasteiger partial charge in [0, 0.05) is 26.3 Å². The van der Waals surface area contributed by atoms with E-state index in [4.69, 9.17) is 9.47 Å². The third-order valence-electron chi connectivity index (χ3n) is 6.90. The van der Waals surface area contributed by atoms with Crippen LogP contribution < -0.4 is 0 Å². The van der Waals surface area contributed by atoms with Gasteiger partial charge in [-0.25, -0.2) is 0 Å². The molecule has 34 heavy (non-hydrogen) atoms. The Hall–Kier alpha value is -0.640. The summed E-state index contributed by atoms with van der Waals surface area (Å²) in [5.74, 6) is 0. The molecule has 200 valence electrons. The van der Waals surface area contributed by atoms with Crippen molar-refractivity contribution in [1.29, 1.82) is 0 Å². The van der Waals surface area contributed by atoms with Crippen LogP contribution in [-0.2, 0) is 9.47 Å². The molecule has 0 N–H and O–H groups in total. The zero-order valence-electron chi connectivity index (χ0n) is 23.3. The van der Waals surface area contributed by atoms with Crippen molar-refractivity contribution in [3.63, 3.8) is 0 Å². The van der Waals surface area contributed by atoms with Crippen molar-refractivity contribution in [1.82, 2.24) is 4.90 Å². The van der Waals surface area contributed by atoms with E-state index < -0.39 is 0 Å². The standard InChI is InChI=1S/C31H59NO2/c1-4-6-8-10-12-13-14-15-16-17-18-19-20-21-23-25-27-34-31-29-32(3)28-30(31)33-26-24-22-11-9-7-5-2/h12-13,15-16,30-31H,4-11,14,17-29H2,1-3H3/b13-12-,16-15-/t30-,31-/m1/s1. The highest BCUT2D eigenvalue weighted by Gasteiger charge is 2.32. The zero-order chi connectivity index (χ0) is 24.5. The minimum Gasteiger partial charge on any atom is -0.374 e. The number of hydrogen-bond donors (Lipinski definition) is 0. The van der Waals surface area contributed by atoms with Gasteiger partial charge in [-0.3, -0.25) is 0 Å². The Morgan fingerprint density at radius 2 is 0.971 bits per heavy atom. The Balaban J connectivity index is 1.91. The van der Waals surface area contributed by atoms with E-state index in [0.29, 0.717) is 0 Å². The molecule has 0 aliphatic carbocycles. The van der Waals surface area contributed by atoms with E-state index >= 15 is 0 Å². The summed E-state index contributed by atoms with van der Waals surface area (Å²) in [4.78, 5) is 2.36. The second-order valence-corrected chi connectivity index (χ2v) is 10.4. The van der Waals surface area contributed by atoms with Crippen molar-refractivity contribution in [3.05, 3.63) is 24.3 Å². The number of allylic oxidation sites excluding steroid dienone is 4. The van der Waals surface area contributed by atoms with Gasteiger partial charge in [0.1, 0.15) is 0 Å². The molecule has 0 aromatic rings. The maximum atomic E-state index is 6.23. The molecule has 0 saturated carbocycles. The molecule has 0 spiro atoms. The molecule has 1 aliphatic heterocycles. The summed E-state index contributed by atoms with van der Waals surface area (Å²) in [5.41, 5.74) is 0. The van der Waals surface area contributed by atoms with E-state index in [1.165, 1.54) is 109 Å². The highest BCUT2D eigenvalue weighted by Crippen LogP contribution is 2.17. The molecule has 0 bridgehead atoms. The topological polar surface area (TPSA) is 21.7 Å². The Morgan fingerprint density at radius 1 is 0.559 bits per heavy atom. The highest BCUT2D eigenvalue weighted by molar-refractivity contribution is 4.92. The number of rotatable bonds is 24. The number of likely N-dealkylation sites (N-methyl/N-ethyl adjacent to an activating group) is 1. The van der Waals surface area contributed by atoms with Gasteiger partial charge < -0.3 is 14.4 Å². The van der Waals surface area contributed by atoms with Gasteiger partial charge in [-0.1, -0.05) is 109 Å². The van der Waals surface area contributed by atoms with Gasteiger partial charge in [-0.2, -0.15) is 0 Å². The Kier molecular flexibility index (Phi) is 22.2. The summed E-state index contributed by atoms with van der Waals surface area (Å²) in [6.45, 7) is 8.36. The van der Waals surface area contributed by atoms with Gasteiger partial charge in [0.25, 0.3) is 0 Å². The molecule has 0 aromatic heterocycles. The second kappa shape index (κ2) is 24.1. The number of unbranched alkanes of at least 4 members (excludes halogenated alkanes) is 14. The molecule has 1 rings (SSSR count). The number of nitrogens with zero attached hydrogens (tertiary/aromatic N) is 1. The molecule has 1 fully saturated rings. The first-order valence-electron chi connectivity index (χ1n) is 15.0. The summed E-state index contributed by atoms with van der Waals surface area (Å²) < 4.78 is 12.4. The summed E-state index contributed by atoms with van der Waals surface area (Å²) in [6.07, 6.45) is 33.3. The van der Waals surface area contributed by atoms with E-state index in [0.717, 1.165) is 32.7 Å².